The summed E-state index contributed by atoms with van der Waals surface area (Å²) in [6.45, 7) is 6.69. The van der Waals surface area contributed by atoms with E-state index in [0.29, 0.717) is 24.6 Å². The molecule has 3 rings (SSSR count). The first-order valence-corrected chi connectivity index (χ1v) is 9.20. The molecule has 1 amide bonds. The van der Waals surface area contributed by atoms with Crippen molar-refractivity contribution in [3.05, 3.63) is 53.1 Å². The summed E-state index contributed by atoms with van der Waals surface area (Å²) in [5.41, 5.74) is 4.47. The van der Waals surface area contributed by atoms with Crippen molar-refractivity contribution in [3.63, 3.8) is 0 Å². The molecule has 1 N–H and O–H groups in total. The third-order valence-electron chi connectivity index (χ3n) is 4.15. The molecule has 0 aliphatic heterocycles. The van der Waals surface area contributed by atoms with Gasteiger partial charge in [-0.1, -0.05) is 29.5 Å². The Morgan fingerprint density at radius 1 is 1.20 bits per heavy atom. The lowest BCUT2D eigenvalue weighted by molar-refractivity contribution is -0.116. The number of amides is 1. The van der Waals surface area contributed by atoms with Crippen molar-refractivity contribution in [3.8, 4) is 5.75 Å². The van der Waals surface area contributed by atoms with E-state index in [2.05, 4.69) is 29.4 Å². The second kappa shape index (κ2) is 7.66. The minimum absolute atomic E-state index is 0.0275. The van der Waals surface area contributed by atoms with E-state index in [1.165, 1.54) is 22.5 Å². The normalized spacial score (nSPS) is 10.8. The lowest BCUT2D eigenvalue weighted by Crippen LogP contribution is -2.12. The molecule has 0 atom stereocenters. The van der Waals surface area contributed by atoms with Crippen molar-refractivity contribution in [1.29, 1.82) is 0 Å². The van der Waals surface area contributed by atoms with Crippen molar-refractivity contribution in [2.75, 3.05) is 11.9 Å². The molecule has 25 heavy (non-hydrogen) atoms. The van der Waals surface area contributed by atoms with Gasteiger partial charge in [-0.3, -0.25) is 4.79 Å². The molecule has 0 aliphatic rings. The lowest BCUT2D eigenvalue weighted by Gasteiger charge is -2.10. The molecular formula is C20H22N2O2S. The van der Waals surface area contributed by atoms with Crippen LogP contribution in [0.5, 0.6) is 5.75 Å². The smallest absolute Gasteiger partial charge is 0.226 e. The van der Waals surface area contributed by atoms with Gasteiger partial charge < -0.3 is 10.1 Å². The van der Waals surface area contributed by atoms with E-state index in [1.54, 1.807) is 0 Å². The van der Waals surface area contributed by atoms with E-state index in [0.717, 1.165) is 21.5 Å². The molecule has 3 aromatic rings. The third-order valence-corrected chi connectivity index (χ3v) is 5.08. The summed E-state index contributed by atoms with van der Waals surface area (Å²) in [6.07, 6.45) is 1.09. The number of aryl methyl sites for hydroxylation is 2. The molecule has 0 unspecified atom stereocenters. The van der Waals surface area contributed by atoms with E-state index in [-0.39, 0.29) is 5.91 Å². The van der Waals surface area contributed by atoms with Crippen LogP contribution in [0.15, 0.2) is 36.4 Å². The summed E-state index contributed by atoms with van der Waals surface area (Å²) in [7, 11) is 0. The number of ether oxygens (including phenoxy) is 1. The van der Waals surface area contributed by atoms with Crippen LogP contribution < -0.4 is 10.1 Å². The molecule has 0 saturated heterocycles. The summed E-state index contributed by atoms with van der Waals surface area (Å²) in [5, 5.41) is 3.54. The fraction of sp³-hybridized carbons (Fsp3) is 0.300. The third kappa shape index (κ3) is 4.37. The minimum atomic E-state index is -0.0275. The number of aromatic nitrogens is 1. The molecule has 0 radical (unpaired) electrons. The predicted molar refractivity (Wildman–Crippen MR) is 104 cm³/mol. The number of hydrogen-bond donors (Lipinski definition) is 1. The summed E-state index contributed by atoms with van der Waals surface area (Å²) >= 11 is 1.51. The number of nitrogens with zero attached hydrogens (tertiary/aromatic N) is 1. The first-order valence-electron chi connectivity index (χ1n) is 8.39. The molecule has 1 aromatic heterocycles. The SMILES string of the molecule is Cc1ccc2nc(NC(=O)CCCOc3cccc(C)c3C)sc2c1. The van der Waals surface area contributed by atoms with Crippen LogP contribution in [-0.2, 0) is 4.79 Å². The van der Waals surface area contributed by atoms with Gasteiger partial charge in [-0.15, -0.1) is 0 Å². The van der Waals surface area contributed by atoms with Gasteiger partial charge in [-0.25, -0.2) is 4.98 Å². The highest BCUT2D eigenvalue weighted by atomic mass is 32.1. The maximum absolute atomic E-state index is 12.1. The molecule has 0 saturated carbocycles. The zero-order valence-corrected chi connectivity index (χ0v) is 15.6. The fourth-order valence-corrected chi connectivity index (χ4v) is 3.54. The highest BCUT2D eigenvalue weighted by Crippen LogP contribution is 2.26. The molecule has 4 nitrogen and oxygen atoms in total. The maximum Gasteiger partial charge on any atom is 0.226 e. The molecule has 1 heterocycles. The largest absolute Gasteiger partial charge is 0.493 e. The van der Waals surface area contributed by atoms with Gasteiger partial charge in [-0.05, 0) is 62.1 Å². The minimum Gasteiger partial charge on any atom is -0.493 e. The number of rotatable bonds is 6. The van der Waals surface area contributed by atoms with Crippen LogP contribution in [0.1, 0.15) is 29.5 Å². The number of anilines is 1. The molecule has 130 valence electrons. The Kier molecular flexibility index (Phi) is 5.34. The first-order chi connectivity index (χ1) is 12.0. The van der Waals surface area contributed by atoms with E-state index >= 15 is 0 Å². The topological polar surface area (TPSA) is 51.2 Å². The van der Waals surface area contributed by atoms with Crippen LogP contribution in [0.25, 0.3) is 10.2 Å². The molecule has 0 aliphatic carbocycles. The number of nitrogens with one attached hydrogen (secondary N) is 1. The zero-order valence-electron chi connectivity index (χ0n) is 14.8. The highest BCUT2D eigenvalue weighted by Gasteiger charge is 2.08. The Morgan fingerprint density at radius 3 is 2.88 bits per heavy atom. The Morgan fingerprint density at radius 2 is 2.04 bits per heavy atom. The van der Waals surface area contributed by atoms with Crippen molar-refractivity contribution in [1.82, 2.24) is 4.98 Å². The van der Waals surface area contributed by atoms with Crippen LogP contribution in [0.2, 0.25) is 0 Å². The average molecular weight is 354 g/mol. The summed E-state index contributed by atoms with van der Waals surface area (Å²) in [4.78, 5) is 16.5. The molecule has 0 spiro atoms. The second-order valence-electron chi connectivity index (χ2n) is 6.19. The Bertz CT molecular complexity index is 902. The van der Waals surface area contributed by atoms with Crippen molar-refractivity contribution in [2.45, 2.75) is 33.6 Å². The summed E-state index contributed by atoms with van der Waals surface area (Å²) in [6, 6.07) is 12.1. The van der Waals surface area contributed by atoms with Crippen molar-refractivity contribution in [2.24, 2.45) is 0 Å². The second-order valence-corrected chi connectivity index (χ2v) is 7.22. The zero-order chi connectivity index (χ0) is 17.8. The molecule has 0 fully saturated rings. The monoisotopic (exact) mass is 354 g/mol. The Hall–Kier alpha value is -2.40. The molecule has 5 heteroatoms. The number of fused-ring (bicyclic) bond motifs is 1. The number of thiazole rings is 1. The number of hydrogen-bond acceptors (Lipinski definition) is 4. The van der Waals surface area contributed by atoms with Crippen LogP contribution in [0.4, 0.5) is 5.13 Å². The first kappa shape index (κ1) is 17.4. The fourth-order valence-electron chi connectivity index (χ4n) is 2.56. The summed E-state index contributed by atoms with van der Waals surface area (Å²) < 4.78 is 6.88. The van der Waals surface area contributed by atoms with Gasteiger partial charge >= 0.3 is 0 Å². The van der Waals surface area contributed by atoms with E-state index in [1.807, 2.05) is 38.1 Å². The molecular weight excluding hydrogens is 332 g/mol. The van der Waals surface area contributed by atoms with Crippen molar-refractivity contribution >= 4 is 32.6 Å². The number of benzene rings is 2. The average Bonchev–Trinajstić information content (AvgIpc) is 2.96. The predicted octanol–water partition coefficient (Wildman–Crippen LogP) is 5.02. The van der Waals surface area contributed by atoms with Crippen molar-refractivity contribution < 1.29 is 9.53 Å². The molecule has 2 aromatic carbocycles. The van der Waals surface area contributed by atoms with Crippen LogP contribution >= 0.6 is 11.3 Å². The standard InChI is InChI=1S/C20H22N2O2S/c1-13-9-10-16-18(12-13)25-20(21-16)22-19(23)8-5-11-24-17-7-4-6-14(2)15(17)3/h4,6-7,9-10,12H,5,8,11H2,1-3H3,(H,21,22,23). The number of carbonyl (C=O) groups excluding carboxylic acids is 1. The van der Waals surface area contributed by atoms with Crippen LogP contribution in [-0.4, -0.2) is 17.5 Å². The van der Waals surface area contributed by atoms with E-state index in [4.69, 9.17) is 4.74 Å². The number of carbonyl (C=O) groups is 1. The van der Waals surface area contributed by atoms with E-state index in [9.17, 15) is 4.79 Å². The van der Waals surface area contributed by atoms with Crippen LogP contribution in [0, 0.1) is 20.8 Å². The lowest BCUT2D eigenvalue weighted by atomic mass is 10.1. The molecule has 0 bridgehead atoms. The highest BCUT2D eigenvalue weighted by molar-refractivity contribution is 7.22. The van der Waals surface area contributed by atoms with Gasteiger partial charge in [0.25, 0.3) is 0 Å². The Labute approximate surface area is 151 Å². The van der Waals surface area contributed by atoms with Gasteiger partial charge in [0.05, 0.1) is 16.8 Å². The van der Waals surface area contributed by atoms with Gasteiger partial charge in [0, 0.05) is 6.42 Å². The Balaban J connectivity index is 1.48. The quantitative estimate of drug-likeness (QED) is 0.632. The van der Waals surface area contributed by atoms with Gasteiger partial charge in [0.1, 0.15) is 5.75 Å². The van der Waals surface area contributed by atoms with Gasteiger partial charge in [0.2, 0.25) is 5.91 Å². The van der Waals surface area contributed by atoms with Crippen LogP contribution in [0.3, 0.4) is 0 Å². The van der Waals surface area contributed by atoms with Gasteiger partial charge in [0.15, 0.2) is 5.13 Å². The summed E-state index contributed by atoms with van der Waals surface area (Å²) in [5.74, 6) is 0.863. The maximum atomic E-state index is 12.1. The van der Waals surface area contributed by atoms with Gasteiger partial charge in [-0.2, -0.15) is 0 Å². The van der Waals surface area contributed by atoms with E-state index < -0.39 is 0 Å².